The fourth-order valence-corrected chi connectivity index (χ4v) is 2.07. The van der Waals surface area contributed by atoms with Crippen LogP contribution in [0.4, 0.5) is 0 Å². The number of carbonyl (C=O) groups excluding carboxylic acids is 1. The van der Waals surface area contributed by atoms with Crippen molar-refractivity contribution in [3.05, 3.63) is 0 Å². The number of amides is 1. The van der Waals surface area contributed by atoms with Crippen molar-refractivity contribution in [2.45, 2.75) is 58.9 Å². The zero-order chi connectivity index (χ0) is 14.1. The molecule has 0 aliphatic carbocycles. The third-order valence-corrected chi connectivity index (χ3v) is 3.27. The Morgan fingerprint density at radius 2 is 1.83 bits per heavy atom. The Bertz CT molecular complexity index is 273. The van der Waals surface area contributed by atoms with E-state index in [1.54, 1.807) is 11.9 Å². The first kappa shape index (κ1) is 16.7. The highest BCUT2D eigenvalue weighted by atomic mass is 16.4. The maximum atomic E-state index is 12.3. The Labute approximate surface area is 110 Å². The summed E-state index contributed by atoms with van der Waals surface area (Å²) in [6.07, 6.45) is 4.27. The summed E-state index contributed by atoms with van der Waals surface area (Å²) in [5, 5.41) is 11.5. The van der Waals surface area contributed by atoms with Crippen molar-refractivity contribution >= 4 is 11.7 Å². The lowest BCUT2D eigenvalue weighted by Gasteiger charge is -2.28. The highest BCUT2D eigenvalue weighted by Gasteiger charge is 2.24. The number of rotatable bonds is 8. The lowest BCUT2D eigenvalue weighted by molar-refractivity contribution is -0.136. The lowest BCUT2D eigenvalue weighted by Crippen LogP contribution is -2.41. The van der Waals surface area contributed by atoms with Crippen molar-refractivity contribution in [2.75, 3.05) is 7.05 Å². The van der Waals surface area contributed by atoms with Crippen LogP contribution in [0.25, 0.3) is 0 Å². The lowest BCUT2D eigenvalue weighted by atomic mass is 9.96. The Morgan fingerprint density at radius 3 is 2.22 bits per heavy atom. The van der Waals surface area contributed by atoms with Crippen molar-refractivity contribution in [1.82, 2.24) is 4.90 Å². The summed E-state index contributed by atoms with van der Waals surface area (Å²) >= 11 is 0. The summed E-state index contributed by atoms with van der Waals surface area (Å²) in [5.74, 6) is 0.418. The van der Waals surface area contributed by atoms with Crippen LogP contribution < -0.4 is 5.73 Å². The van der Waals surface area contributed by atoms with Gasteiger partial charge in [0.1, 0.15) is 5.84 Å². The summed E-state index contributed by atoms with van der Waals surface area (Å²) in [6.45, 7) is 6.09. The Balaban J connectivity index is 4.53. The molecular formula is C13H27N3O2. The molecule has 0 aromatic carbocycles. The van der Waals surface area contributed by atoms with Gasteiger partial charge in [0.25, 0.3) is 0 Å². The monoisotopic (exact) mass is 257 g/mol. The molecule has 0 heterocycles. The van der Waals surface area contributed by atoms with Crippen LogP contribution in [0.15, 0.2) is 5.16 Å². The minimum absolute atomic E-state index is 0.0513. The maximum Gasteiger partial charge on any atom is 0.225 e. The number of oxime groups is 1. The normalized spacial score (nSPS) is 13.7. The minimum Gasteiger partial charge on any atom is -0.409 e. The molecule has 5 nitrogen and oxygen atoms in total. The van der Waals surface area contributed by atoms with E-state index in [4.69, 9.17) is 10.9 Å². The van der Waals surface area contributed by atoms with E-state index < -0.39 is 0 Å². The molecule has 0 saturated heterocycles. The van der Waals surface area contributed by atoms with Crippen LogP contribution in [-0.4, -0.2) is 34.9 Å². The molecule has 1 amide bonds. The molecular weight excluding hydrogens is 230 g/mol. The van der Waals surface area contributed by atoms with Crippen LogP contribution in [0.3, 0.4) is 0 Å². The summed E-state index contributed by atoms with van der Waals surface area (Å²) in [6, 6.07) is -0.0513. The minimum atomic E-state index is -0.0513. The van der Waals surface area contributed by atoms with Gasteiger partial charge in [0.2, 0.25) is 5.91 Å². The SMILES string of the molecule is CCCC(CCC)C(=O)N(C)C(C)CC(N)=NO. The van der Waals surface area contributed by atoms with Gasteiger partial charge in [-0.15, -0.1) is 0 Å². The van der Waals surface area contributed by atoms with E-state index in [0.717, 1.165) is 25.7 Å². The fourth-order valence-electron chi connectivity index (χ4n) is 2.07. The van der Waals surface area contributed by atoms with Crippen LogP contribution in [0.5, 0.6) is 0 Å². The molecule has 0 rings (SSSR count). The third-order valence-electron chi connectivity index (χ3n) is 3.27. The molecule has 0 fully saturated rings. The molecule has 0 aliphatic rings. The zero-order valence-electron chi connectivity index (χ0n) is 12.0. The van der Waals surface area contributed by atoms with Crippen LogP contribution in [0.1, 0.15) is 52.9 Å². The van der Waals surface area contributed by atoms with Crippen molar-refractivity contribution in [1.29, 1.82) is 0 Å². The molecule has 3 N–H and O–H groups in total. The topological polar surface area (TPSA) is 78.9 Å². The predicted molar refractivity (Wildman–Crippen MR) is 73.6 cm³/mol. The summed E-state index contributed by atoms with van der Waals surface area (Å²) in [5.41, 5.74) is 5.47. The fraction of sp³-hybridized carbons (Fsp3) is 0.846. The number of hydrogen-bond donors (Lipinski definition) is 2. The van der Waals surface area contributed by atoms with Gasteiger partial charge >= 0.3 is 0 Å². The van der Waals surface area contributed by atoms with Crippen LogP contribution in [0, 0.1) is 5.92 Å². The van der Waals surface area contributed by atoms with E-state index >= 15 is 0 Å². The molecule has 1 unspecified atom stereocenters. The Morgan fingerprint density at radius 1 is 1.33 bits per heavy atom. The van der Waals surface area contributed by atoms with Crippen LogP contribution in [0.2, 0.25) is 0 Å². The quantitative estimate of drug-likeness (QED) is 0.303. The van der Waals surface area contributed by atoms with E-state index in [-0.39, 0.29) is 23.7 Å². The molecule has 5 heteroatoms. The first-order chi connectivity index (χ1) is 8.47. The average Bonchev–Trinajstić information content (AvgIpc) is 2.36. The molecule has 0 bridgehead atoms. The first-order valence-corrected chi connectivity index (χ1v) is 6.70. The van der Waals surface area contributed by atoms with Crippen molar-refractivity contribution in [2.24, 2.45) is 16.8 Å². The number of nitrogens with two attached hydrogens (primary N) is 1. The molecule has 0 aliphatic heterocycles. The van der Waals surface area contributed by atoms with Crippen molar-refractivity contribution in [3.63, 3.8) is 0 Å². The number of nitrogens with zero attached hydrogens (tertiary/aromatic N) is 2. The van der Waals surface area contributed by atoms with E-state index in [1.165, 1.54) is 0 Å². The number of hydrogen-bond acceptors (Lipinski definition) is 3. The highest BCUT2D eigenvalue weighted by Crippen LogP contribution is 2.18. The molecule has 106 valence electrons. The molecule has 1 atom stereocenters. The van der Waals surface area contributed by atoms with E-state index in [9.17, 15) is 4.79 Å². The smallest absolute Gasteiger partial charge is 0.225 e. The Kier molecular flexibility index (Phi) is 8.16. The van der Waals surface area contributed by atoms with Gasteiger partial charge in [0.05, 0.1) is 0 Å². The summed E-state index contributed by atoms with van der Waals surface area (Å²) in [7, 11) is 1.79. The highest BCUT2D eigenvalue weighted by molar-refractivity contribution is 5.82. The third kappa shape index (κ3) is 5.38. The predicted octanol–water partition coefficient (Wildman–Crippen LogP) is 2.19. The van der Waals surface area contributed by atoms with Gasteiger partial charge in [0.15, 0.2) is 0 Å². The van der Waals surface area contributed by atoms with Gasteiger partial charge in [-0.05, 0) is 19.8 Å². The van der Waals surface area contributed by atoms with Crippen molar-refractivity contribution < 1.29 is 10.0 Å². The second kappa shape index (κ2) is 8.78. The molecule has 0 spiro atoms. The molecule has 0 aromatic heterocycles. The van der Waals surface area contributed by atoms with Crippen molar-refractivity contribution in [3.8, 4) is 0 Å². The maximum absolute atomic E-state index is 12.3. The number of amidine groups is 1. The summed E-state index contributed by atoms with van der Waals surface area (Å²) in [4.78, 5) is 14.0. The van der Waals surface area contributed by atoms with E-state index in [2.05, 4.69) is 19.0 Å². The van der Waals surface area contributed by atoms with Crippen LogP contribution >= 0.6 is 0 Å². The molecule has 0 radical (unpaired) electrons. The number of carbonyl (C=O) groups is 1. The van der Waals surface area contributed by atoms with Gasteiger partial charge in [0, 0.05) is 25.4 Å². The largest absolute Gasteiger partial charge is 0.409 e. The first-order valence-electron chi connectivity index (χ1n) is 6.70. The van der Waals surface area contributed by atoms with Crippen LogP contribution in [-0.2, 0) is 4.79 Å². The zero-order valence-corrected chi connectivity index (χ0v) is 12.0. The van der Waals surface area contributed by atoms with Gasteiger partial charge in [-0.1, -0.05) is 31.8 Å². The molecule has 0 saturated carbocycles. The molecule has 18 heavy (non-hydrogen) atoms. The van der Waals surface area contributed by atoms with Gasteiger partial charge in [-0.3, -0.25) is 4.79 Å². The molecule has 0 aromatic rings. The standard InChI is InChI=1S/C13H27N3O2/c1-5-7-11(8-6-2)13(17)16(4)10(3)9-12(14)15-18/h10-11,18H,5-9H2,1-4H3,(H2,14,15). The second-order valence-corrected chi connectivity index (χ2v) is 4.87. The second-order valence-electron chi connectivity index (χ2n) is 4.87. The average molecular weight is 257 g/mol. The Hall–Kier alpha value is -1.26. The van der Waals surface area contributed by atoms with Gasteiger partial charge < -0.3 is 15.8 Å². The van der Waals surface area contributed by atoms with Gasteiger partial charge in [-0.25, -0.2) is 0 Å². The summed E-state index contributed by atoms with van der Waals surface area (Å²) < 4.78 is 0. The van der Waals surface area contributed by atoms with Gasteiger partial charge in [-0.2, -0.15) is 0 Å². The van der Waals surface area contributed by atoms with E-state index in [1.807, 2.05) is 6.92 Å². The van der Waals surface area contributed by atoms with E-state index in [0.29, 0.717) is 6.42 Å².